The highest BCUT2D eigenvalue weighted by atomic mass is 127. The quantitative estimate of drug-likeness (QED) is 0.291. The molecule has 140 valence electrons. The van der Waals surface area contributed by atoms with Crippen LogP contribution in [0.15, 0.2) is 35.6 Å². The maximum atomic E-state index is 13.0. The Kier molecular flexibility index (Phi) is 4.57. The van der Waals surface area contributed by atoms with Crippen LogP contribution in [0.25, 0.3) is 28.3 Å². The van der Waals surface area contributed by atoms with Gasteiger partial charge in [-0.2, -0.15) is 13.2 Å². The molecule has 0 atom stereocenters. The molecular formula is C17H13F3IN5S. The molecule has 4 heterocycles. The SMILES string of the molecule is CCSc1c(-c2nc3cc(C(F)(F)F)cnc3n2C)nc2cc(I)ccn12. The lowest BCUT2D eigenvalue weighted by Crippen LogP contribution is -2.05. The molecule has 0 fully saturated rings. The van der Waals surface area contributed by atoms with Gasteiger partial charge in [-0.1, -0.05) is 6.92 Å². The van der Waals surface area contributed by atoms with E-state index in [4.69, 9.17) is 4.98 Å². The molecule has 0 bridgehead atoms. The van der Waals surface area contributed by atoms with Crippen LogP contribution >= 0.6 is 34.4 Å². The molecule has 4 rings (SSSR count). The minimum atomic E-state index is -4.46. The number of hydrogen-bond donors (Lipinski definition) is 0. The van der Waals surface area contributed by atoms with E-state index < -0.39 is 11.7 Å². The Labute approximate surface area is 170 Å². The molecule has 4 aromatic rings. The molecule has 0 aliphatic rings. The molecule has 4 aromatic heterocycles. The van der Waals surface area contributed by atoms with Gasteiger partial charge >= 0.3 is 6.18 Å². The third-order valence-electron chi connectivity index (χ3n) is 4.07. The van der Waals surface area contributed by atoms with Gasteiger partial charge in [-0.25, -0.2) is 15.0 Å². The summed E-state index contributed by atoms with van der Waals surface area (Å²) >= 11 is 3.83. The fraction of sp³-hybridized carbons (Fsp3) is 0.235. The molecule has 0 saturated heterocycles. The molecule has 10 heteroatoms. The summed E-state index contributed by atoms with van der Waals surface area (Å²) in [5.41, 5.74) is 1.17. The van der Waals surface area contributed by atoms with Crippen LogP contribution < -0.4 is 0 Å². The number of alkyl halides is 3. The molecule has 0 amide bonds. The minimum Gasteiger partial charge on any atom is -0.310 e. The highest BCUT2D eigenvalue weighted by Gasteiger charge is 2.32. The van der Waals surface area contributed by atoms with Gasteiger partial charge in [0, 0.05) is 23.0 Å². The smallest absolute Gasteiger partial charge is 0.310 e. The fourth-order valence-electron chi connectivity index (χ4n) is 2.86. The zero-order chi connectivity index (χ0) is 19.3. The van der Waals surface area contributed by atoms with Crippen LogP contribution in [-0.2, 0) is 13.2 Å². The second kappa shape index (κ2) is 6.66. The first kappa shape index (κ1) is 18.5. The molecule has 0 radical (unpaired) electrons. The summed E-state index contributed by atoms with van der Waals surface area (Å²) in [6.45, 7) is 2.03. The molecule has 0 N–H and O–H groups in total. The highest BCUT2D eigenvalue weighted by Crippen LogP contribution is 2.35. The number of aromatic nitrogens is 5. The van der Waals surface area contributed by atoms with Gasteiger partial charge in [-0.05, 0) is 46.5 Å². The predicted octanol–water partition coefficient (Wildman–Crippen LogP) is 5.02. The Morgan fingerprint density at radius 1 is 1.22 bits per heavy atom. The molecule has 0 aliphatic heterocycles. The van der Waals surface area contributed by atoms with E-state index in [2.05, 4.69) is 32.6 Å². The predicted molar refractivity (Wildman–Crippen MR) is 107 cm³/mol. The zero-order valence-electron chi connectivity index (χ0n) is 14.3. The van der Waals surface area contributed by atoms with Gasteiger partial charge in [0.1, 0.15) is 21.9 Å². The zero-order valence-corrected chi connectivity index (χ0v) is 17.2. The van der Waals surface area contributed by atoms with Crippen LogP contribution in [0.4, 0.5) is 13.2 Å². The average Bonchev–Trinajstić information content (AvgIpc) is 3.12. The van der Waals surface area contributed by atoms with E-state index >= 15 is 0 Å². The normalized spacial score (nSPS) is 12.4. The summed E-state index contributed by atoms with van der Waals surface area (Å²) in [4.78, 5) is 13.1. The van der Waals surface area contributed by atoms with E-state index in [0.29, 0.717) is 17.2 Å². The maximum absolute atomic E-state index is 13.0. The number of aryl methyl sites for hydroxylation is 1. The van der Waals surface area contributed by atoms with Crippen LogP contribution in [0.3, 0.4) is 0 Å². The molecule has 0 aliphatic carbocycles. The number of thioether (sulfide) groups is 1. The molecule has 0 unspecified atom stereocenters. The van der Waals surface area contributed by atoms with E-state index in [9.17, 15) is 13.2 Å². The van der Waals surface area contributed by atoms with E-state index in [1.54, 1.807) is 23.4 Å². The number of halogens is 4. The summed E-state index contributed by atoms with van der Waals surface area (Å²) in [7, 11) is 1.74. The van der Waals surface area contributed by atoms with Crippen LogP contribution in [0, 0.1) is 3.57 Å². The van der Waals surface area contributed by atoms with Crippen molar-refractivity contribution < 1.29 is 13.2 Å². The molecule has 5 nitrogen and oxygen atoms in total. The number of fused-ring (bicyclic) bond motifs is 2. The molecule has 0 saturated carbocycles. The summed E-state index contributed by atoms with van der Waals surface area (Å²) in [5, 5.41) is 0.901. The Bertz CT molecular complexity index is 1160. The fourth-order valence-corrected chi connectivity index (χ4v) is 4.14. The molecule has 0 spiro atoms. The topological polar surface area (TPSA) is 48.0 Å². The van der Waals surface area contributed by atoms with Crippen molar-refractivity contribution in [3.8, 4) is 11.5 Å². The molecular weight excluding hydrogens is 490 g/mol. The Morgan fingerprint density at radius 3 is 2.70 bits per heavy atom. The first-order valence-corrected chi connectivity index (χ1v) is 10.1. The summed E-state index contributed by atoms with van der Waals surface area (Å²) in [6, 6.07) is 4.95. The van der Waals surface area contributed by atoms with Crippen LogP contribution in [0.1, 0.15) is 12.5 Å². The van der Waals surface area contributed by atoms with E-state index in [0.717, 1.165) is 32.3 Å². The minimum absolute atomic E-state index is 0.196. The van der Waals surface area contributed by atoms with Crippen molar-refractivity contribution in [3.05, 3.63) is 39.7 Å². The number of nitrogens with zero attached hydrogens (tertiary/aromatic N) is 5. The maximum Gasteiger partial charge on any atom is 0.417 e. The summed E-state index contributed by atoms with van der Waals surface area (Å²) in [5.74, 6) is 1.32. The van der Waals surface area contributed by atoms with Gasteiger partial charge in [0.15, 0.2) is 11.5 Å². The second-order valence-corrected chi connectivity index (χ2v) is 8.33. The van der Waals surface area contributed by atoms with Gasteiger partial charge in [0.2, 0.25) is 0 Å². The highest BCUT2D eigenvalue weighted by molar-refractivity contribution is 14.1. The second-order valence-electron chi connectivity index (χ2n) is 5.83. The Morgan fingerprint density at radius 2 is 2.00 bits per heavy atom. The van der Waals surface area contributed by atoms with Gasteiger partial charge in [-0.15, -0.1) is 11.8 Å². The van der Waals surface area contributed by atoms with Crippen molar-refractivity contribution in [2.45, 2.75) is 18.1 Å². The van der Waals surface area contributed by atoms with Crippen LogP contribution in [0.2, 0.25) is 0 Å². The summed E-state index contributed by atoms with van der Waals surface area (Å²) in [6.07, 6.45) is -1.68. The summed E-state index contributed by atoms with van der Waals surface area (Å²) < 4.78 is 43.7. The number of pyridine rings is 2. The average molecular weight is 503 g/mol. The van der Waals surface area contributed by atoms with Gasteiger partial charge in [0.05, 0.1) is 5.56 Å². The lowest BCUT2D eigenvalue weighted by Gasteiger charge is -2.05. The van der Waals surface area contributed by atoms with Crippen molar-refractivity contribution in [1.82, 2.24) is 23.9 Å². The van der Waals surface area contributed by atoms with Crippen molar-refractivity contribution >= 4 is 51.2 Å². The monoisotopic (exact) mass is 503 g/mol. The first-order chi connectivity index (χ1) is 12.8. The van der Waals surface area contributed by atoms with Crippen molar-refractivity contribution in [2.75, 3.05) is 5.75 Å². The Balaban J connectivity index is 1.96. The van der Waals surface area contributed by atoms with Gasteiger partial charge < -0.3 is 4.57 Å². The standard InChI is InChI=1S/C17H13F3IN5S/c1-3-27-16-13(24-12-7-10(21)4-5-26(12)16)15-23-11-6-9(17(18,19)20)8-22-14(11)25(15)2/h4-8H,3H2,1-2H3. The van der Waals surface area contributed by atoms with Crippen molar-refractivity contribution in [2.24, 2.45) is 7.05 Å². The van der Waals surface area contributed by atoms with Crippen molar-refractivity contribution in [3.63, 3.8) is 0 Å². The first-order valence-electron chi connectivity index (χ1n) is 8.00. The van der Waals surface area contributed by atoms with Gasteiger partial charge in [-0.3, -0.25) is 4.40 Å². The van der Waals surface area contributed by atoms with E-state index in [1.165, 1.54) is 0 Å². The number of imidazole rings is 2. The lowest BCUT2D eigenvalue weighted by atomic mass is 10.2. The largest absolute Gasteiger partial charge is 0.417 e. The van der Waals surface area contributed by atoms with Crippen LogP contribution in [-0.4, -0.2) is 29.7 Å². The number of rotatable bonds is 3. The third-order valence-corrected chi connectivity index (χ3v) is 5.70. The van der Waals surface area contributed by atoms with Gasteiger partial charge in [0.25, 0.3) is 0 Å². The Hall–Kier alpha value is -1.82. The third kappa shape index (κ3) is 3.18. The number of hydrogen-bond acceptors (Lipinski definition) is 4. The molecule has 0 aromatic carbocycles. The van der Waals surface area contributed by atoms with E-state index in [-0.39, 0.29) is 5.52 Å². The van der Waals surface area contributed by atoms with Crippen LogP contribution in [0.5, 0.6) is 0 Å². The van der Waals surface area contributed by atoms with E-state index in [1.807, 2.05) is 29.7 Å². The molecule has 27 heavy (non-hydrogen) atoms. The van der Waals surface area contributed by atoms with Crippen molar-refractivity contribution in [1.29, 1.82) is 0 Å². The lowest BCUT2D eigenvalue weighted by molar-refractivity contribution is -0.137.